The summed E-state index contributed by atoms with van der Waals surface area (Å²) >= 11 is 0. The minimum atomic E-state index is -0.266. The lowest BCUT2D eigenvalue weighted by atomic mass is 9.44. The van der Waals surface area contributed by atoms with E-state index in [9.17, 15) is 9.59 Å². The van der Waals surface area contributed by atoms with E-state index < -0.39 is 0 Å². The Kier molecular flexibility index (Phi) is 1.75. The standard InChI is InChI=1S/C16H16O3/c17-15-13-9-5-6-10(14(13)16(18)19-15)12-8-4-2-1-3-7(8)11(9)12/h5-6,9-14H,1-4H2/t9-,10-,11-,12-,13+,14+/m0/s1. The van der Waals surface area contributed by atoms with Gasteiger partial charge in [0.05, 0.1) is 11.8 Å². The molecule has 2 fully saturated rings. The fourth-order valence-electron chi connectivity index (χ4n) is 5.50. The van der Waals surface area contributed by atoms with Gasteiger partial charge in [-0.05, 0) is 49.4 Å². The Labute approximate surface area is 111 Å². The van der Waals surface area contributed by atoms with Crippen molar-refractivity contribution in [1.82, 2.24) is 0 Å². The van der Waals surface area contributed by atoms with Gasteiger partial charge in [0.2, 0.25) is 0 Å². The normalized spacial score (nSPS) is 49.5. The molecule has 1 saturated carbocycles. The SMILES string of the molecule is O=C1OC(=O)[C@@H]2[C@H]3C=C[C@H]([C@@H]12)[C@@H]1C2=C(CCCC2)[C@@H]31. The predicted molar refractivity (Wildman–Crippen MR) is 66.7 cm³/mol. The van der Waals surface area contributed by atoms with Crippen LogP contribution in [-0.4, -0.2) is 11.9 Å². The van der Waals surface area contributed by atoms with Crippen molar-refractivity contribution in [3.63, 3.8) is 0 Å². The molecule has 1 aliphatic heterocycles. The number of rotatable bonds is 0. The van der Waals surface area contributed by atoms with Crippen molar-refractivity contribution in [2.45, 2.75) is 25.7 Å². The van der Waals surface area contributed by atoms with Crippen LogP contribution in [0.3, 0.4) is 0 Å². The van der Waals surface area contributed by atoms with Crippen LogP contribution in [-0.2, 0) is 14.3 Å². The van der Waals surface area contributed by atoms with Gasteiger partial charge in [-0.3, -0.25) is 9.59 Å². The second-order valence-electron chi connectivity index (χ2n) is 6.64. The fraction of sp³-hybridized carbons (Fsp3) is 0.625. The van der Waals surface area contributed by atoms with E-state index in [0.29, 0.717) is 11.8 Å². The van der Waals surface area contributed by atoms with Crippen LogP contribution in [0.15, 0.2) is 23.3 Å². The number of carbonyl (C=O) groups excluding carboxylic acids is 2. The van der Waals surface area contributed by atoms with E-state index in [4.69, 9.17) is 4.74 Å². The van der Waals surface area contributed by atoms with E-state index in [2.05, 4.69) is 12.2 Å². The molecule has 2 bridgehead atoms. The summed E-state index contributed by atoms with van der Waals surface area (Å²) in [4.78, 5) is 23.9. The molecule has 19 heavy (non-hydrogen) atoms. The highest BCUT2D eigenvalue weighted by Gasteiger charge is 2.65. The van der Waals surface area contributed by atoms with Crippen LogP contribution in [0.25, 0.3) is 0 Å². The van der Waals surface area contributed by atoms with Gasteiger partial charge in [-0.1, -0.05) is 23.3 Å². The Bertz CT molecular complexity index is 523. The van der Waals surface area contributed by atoms with Crippen molar-refractivity contribution in [1.29, 1.82) is 0 Å². The topological polar surface area (TPSA) is 43.4 Å². The van der Waals surface area contributed by atoms with Crippen LogP contribution < -0.4 is 0 Å². The first-order chi connectivity index (χ1) is 9.27. The average Bonchev–Trinajstić information content (AvgIpc) is 2.72. The first kappa shape index (κ1) is 10.4. The molecule has 0 N–H and O–H groups in total. The minimum absolute atomic E-state index is 0.181. The van der Waals surface area contributed by atoms with Gasteiger partial charge in [-0.2, -0.15) is 0 Å². The predicted octanol–water partition coefficient (Wildman–Crippen LogP) is 2.23. The maximum atomic E-state index is 12.0. The van der Waals surface area contributed by atoms with E-state index in [1.165, 1.54) is 25.7 Å². The summed E-state index contributed by atoms with van der Waals surface area (Å²) < 4.78 is 4.93. The third kappa shape index (κ3) is 1.03. The molecule has 3 heteroatoms. The second kappa shape index (κ2) is 3.20. The first-order valence-corrected chi connectivity index (χ1v) is 7.43. The molecule has 6 atom stereocenters. The summed E-state index contributed by atoms with van der Waals surface area (Å²) in [5.74, 6) is 0.663. The van der Waals surface area contributed by atoms with Gasteiger partial charge in [0.1, 0.15) is 0 Å². The molecule has 0 aromatic heterocycles. The Morgan fingerprint density at radius 2 is 1.26 bits per heavy atom. The highest BCUT2D eigenvalue weighted by Crippen LogP contribution is 2.65. The van der Waals surface area contributed by atoms with Gasteiger partial charge in [-0.25, -0.2) is 0 Å². The van der Waals surface area contributed by atoms with E-state index in [1.807, 2.05) is 0 Å². The van der Waals surface area contributed by atoms with Crippen molar-refractivity contribution < 1.29 is 14.3 Å². The maximum Gasteiger partial charge on any atom is 0.318 e. The fourth-order valence-corrected chi connectivity index (χ4v) is 5.50. The number of allylic oxidation sites excluding steroid dienone is 4. The third-order valence-electron chi connectivity index (χ3n) is 6.09. The number of cyclic esters (lactones) is 2. The average molecular weight is 256 g/mol. The quantitative estimate of drug-likeness (QED) is 0.379. The largest absolute Gasteiger partial charge is 0.393 e. The Morgan fingerprint density at radius 3 is 1.74 bits per heavy atom. The van der Waals surface area contributed by atoms with E-state index in [0.717, 1.165) is 0 Å². The van der Waals surface area contributed by atoms with Crippen LogP contribution in [0.2, 0.25) is 0 Å². The lowest BCUT2D eigenvalue weighted by molar-refractivity contribution is -0.154. The Hall–Kier alpha value is -1.38. The zero-order valence-electron chi connectivity index (χ0n) is 10.7. The zero-order valence-corrected chi connectivity index (χ0v) is 10.7. The molecule has 0 aromatic carbocycles. The monoisotopic (exact) mass is 256 g/mol. The molecule has 1 heterocycles. The summed E-state index contributed by atoms with van der Waals surface area (Å²) in [5.41, 5.74) is 3.25. The molecule has 98 valence electrons. The lowest BCUT2D eigenvalue weighted by Crippen LogP contribution is -2.55. The Morgan fingerprint density at radius 1 is 0.789 bits per heavy atom. The maximum absolute atomic E-state index is 12.0. The number of hydrogen-bond donors (Lipinski definition) is 0. The summed E-state index contributed by atoms with van der Waals surface area (Å²) in [7, 11) is 0. The van der Waals surface area contributed by atoms with E-state index in [1.54, 1.807) is 11.1 Å². The van der Waals surface area contributed by atoms with Crippen LogP contribution in [0, 0.1) is 35.5 Å². The molecule has 0 amide bonds. The van der Waals surface area contributed by atoms with Crippen molar-refractivity contribution in [2.24, 2.45) is 35.5 Å². The van der Waals surface area contributed by atoms with Crippen LogP contribution in [0.4, 0.5) is 0 Å². The smallest absolute Gasteiger partial charge is 0.318 e. The van der Waals surface area contributed by atoms with Crippen molar-refractivity contribution in [3.8, 4) is 0 Å². The highest BCUT2D eigenvalue weighted by atomic mass is 16.6. The number of carbonyl (C=O) groups is 2. The van der Waals surface area contributed by atoms with Crippen molar-refractivity contribution >= 4 is 11.9 Å². The number of esters is 2. The van der Waals surface area contributed by atoms with Gasteiger partial charge in [0.15, 0.2) is 0 Å². The number of hydrogen-bond acceptors (Lipinski definition) is 3. The molecular formula is C16H16O3. The van der Waals surface area contributed by atoms with Crippen LogP contribution in [0.1, 0.15) is 25.7 Å². The van der Waals surface area contributed by atoms with Crippen molar-refractivity contribution in [2.75, 3.05) is 0 Å². The van der Waals surface area contributed by atoms with Crippen molar-refractivity contribution in [3.05, 3.63) is 23.3 Å². The summed E-state index contributed by atoms with van der Waals surface area (Å²) in [5, 5.41) is 0. The van der Waals surface area contributed by atoms with Gasteiger partial charge in [0, 0.05) is 0 Å². The van der Waals surface area contributed by atoms with E-state index >= 15 is 0 Å². The van der Waals surface area contributed by atoms with Gasteiger partial charge >= 0.3 is 11.9 Å². The molecular weight excluding hydrogens is 240 g/mol. The lowest BCUT2D eigenvalue weighted by Gasteiger charge is -2.58. The van der Waals surface area contributed by atoms with Gasteiger partial charge in [-0.15, -0.1) is 0 Å². The second-order valence-corrected chi connectivity index (χ2v) is 6.64. The van der Waals surface area contributed by atoms with Crippen LogP contribution >= 0.6 is 0 Å². The van der Waals surface area contributed by atoms with Gasteiger partial charge in [0.25, 0.3) is 0 Å². The molecule has 1 saturated heterocycles. The summed E-state index contributed by atoms with van der Waals surface area (Å²) in [6, 6.07) is 0. The molecule has 0 radical (unpaired) electrons. The first-order valence-electron chi connectivity index (χ1n) is 7.43. The molecule has 3 nitrogen and oxygen atoms in total. The van der Waals surface area contributed by atoms with Gasteiger partial charge < -0.3 is 4.74 Å². The minimum Gasteiger partial charge on any atom is -0.393 e. The molecule has 0 aromatic rings. The molecule has 6 rings (SSSR count). The van der Waals surface area contributed by atoms with E-state index in [-0.39, 0.29) is 35.6 Å². The van der Waals surface area contributed by atoms with Crippen LogP contribution in [0.5, 0.6) is 0 Å². The molecule has 5 aliphatic carbocycles. The summed E-state index contributed by atoms with van der Waals surface area (Å²) in [6.07, 6.45) is 9.42. The molecule has 0 spiro atoms. The molecule has 0 unspecified atom stereocenters. The number of ether oxygens (including phenoxy) is 1. The highest BCUT2D eigenvalue weighted by molar-refractivity contribution is 5.98. The third-order valence-corrected chi connectivity index (χ3v) is 6.09. The Balaban J connectivity index is 1.64. The summed E-state index contributed by atoms with van der Waals surface area (Å²) in [6.45, 7) is 0. The zero-order chi connectivity index (χ0) is 12.7. The molecule has 6 aliphatic rings.